The van der Waals surface area contributed by atoms with Gasteiger partial charge in [0.25, 0.3) is 0 Å². The molecule has 0 aliphatic carbocycles. The number of para-hydroxylation sites is 1. The van der Waals surface area contributed by atoms with Crippen molar-refractivity contribution < 1.29 is 0 Å². The van der Waals surface area contributed by atoms with Crippen LogP contribution >= 0.6 is 22.7 Å². The van der Waals surface area contributed by atoms with Gasteiger partial charge >= 0.3 is 0 Å². The number of nitrogens with zero attached hydrogens (tertiary/aromatic N) is 1. The molecule has 0 bridgehead atoms. The normalized spacial score (nSPS) is 11.7. The van der Waals surface area contributed by atoms with Crippen LogP contribution in [0, 0.1) is 0 Å². The molecule has 0 atom stereocenters. The third kappa shape index (κ3) is 4.04. The van der Waals surface area contributed by atoms with Crippen molar-refractivity contribution >= 4 is 90.9 Å². The largest absolute Gasteiger partial charge is 0.310 e. The third-order valence-corrected chi connectivity index (χ3v) is 10.8. The van der Waals surface area contributed by atoms with E-state index in [1.807, 2.05) is 22.7 Å². The molecular weight excluding hydrogens is 559 g/mol. The van der Waals surface area contributed by atoms with Gasteiger partial charge in [-0.3, -0.25) is 0 Å². The molecular formula is C40H25NS2. The van der Waals surface area contributed by atoms with E-state index in [2.05, 4.69) is 157 Å². The van der Waals surface area contributed by atoms with Crippen molar-refractivity contribution in [2.24, 2.45) is 0 Å². The summed E-state index contributed by atoms with van der Waals surface area (Å²) in [5.41, 5.74) is 5.90. The number of benzene rings is 7. The predicted molar refractivity (Wildman–Crippen MR) is 190 cm³/mol. The quantitative estimate of drug-likeness (QED) is 0.199. The maximum atomic E-state index is 2.35. The van der Waals surface area contributed by atoms with Gasteiger partial charge in [-0.25, -0.2) is 0 Å². The van der Waals surface area contributed by atoms with E-state index in [-0.39, 0.29) is 0 Å². The van der Waals surface area contributed by atoms with Gasteiger partial charge in [-0.2, -0.15) is 0 Å². The van der Waals surface area contributed by atoms with E-state index < -0.39 is 0 Å². The summed E-state index contributed by atoms with van der Waals surface area (Å²) in [7, 11) is 0. The second-order valence-corrected chi connectivity index (χ2v) is 13.1. The molecule has 0 fully saturated rings. The van der Waals surface area contributed by atoms with Crippen LogP contribution in [0.5, 0.6) is 0 Å². The van der Waals surface area contributed by atoms with Gasteiger partial charge in [0, 0.05) is 57.4 Å². The van der Waals surface area contributed by atoms with E-state index in [9.17, 15) is 0 Å². The Balaban J connectivity index is 1.12. The Morgan fingerprint density at radius 3 is 1.74 bits per heavy atom. The number of hydrogen-bond acceptors (Lipinski definition) is 3. The van der Waals surface area contributed by atoms with Crippen LogP contribution in [-0.4, -0.2) is 0 Å². The number of anilines is 3. The smallest absolute Gasteiger partial charge is 0.0476 e. The molecule has 43 heavy (non-hydrogen) atoms. The second-order valence-electron chi connectivity index (χ2n) is 11.0. The Morgan fingerprint density at radius 2 is 0.930 bits per heavy atom. The molecule has 1 nitrogen and oxygen atoms in total. The summed E-state index contributed by atoms with van der Waals surface area (Å²) in [4.78, 5) is 2.35. The first-order valence-electron chi connectivity index (χ1n) is 14.5. The highest BCUT2D eigenvalue weighted by molar-refractivity contribution is 7.26. The lowest BCUT2D eigenvalue weighted by Gasteiger charge is -2.25. The lowest BCUT2D eigenvalue weighted by molar-refractivity contribution is 1.29. The fourth-order valence-electron chi connectivity index (χ4n) is 6.37. The minimum absolute atomic E-state index is 1.14. The van der Waals surface area contributed by atoms with E-state index in [0.29, 0.717) is 0 Å². The van der Waals surface area contributed by atoms with Gasteiger partial charge in [-0.15, -0.1) is 22.7 Å². The number of hydrogen-bond donors (Lipinski definition) is 0. The summed E-state index contributed by atoms with van der Waals surface area (Å²) < 4.78 is 5.35. The first kappa shape index (κ1) is 24.6. The van der Waals surface area contributed by atoms with E-state index >= 15 is 0 Å². The van der Waals surface area contributed by atoms with Crippen LogP contribution in [0.25, 0.3) is 62.2 Å². The van der Waals surface area contributed by atoms with E-state index in [1.54, 1.807) is 0 Å². The van der Waals surface area contributed by atoms with Crippen molar-refractivity contribution in [3.05, 3.63) is 152 Å². The van der Waals surface area contributed by atoms with Gasteiger partial charge in [-0.1, -0.05) is 97.1 Å². The number of thiophene rings is 2. The van der Waals surface area contributed by atoms with Gasteiger partial charge in [0.1, 0.15) is 0 Å². The van der Waals surface area contributed by atoms with E-state index in [1.165, 1.54) is 62.2 Å². The minimum atomic E-state index is 1.14. The summed E-state index contributed by atoms with van der Waals surface area (Å²) in [5.74, 6) is 0. The lowest BCUT2D eigenvalue weighted by atomic mass is 9.99. The molecule has 202 valence electrons. The molecule has 0 N–H and O–H groups in total. The molecule has 2 heterocycles. The molecule has 0 unspecified atom stereocenters. The van der Waals surface area contributed by atoms with Crippen molar-refractivity contribution in [3.8, 4) is 11.1 Å². The summed E-state index contributed by atoms with van der Waals surface area (Å²) in [6.07, 6.45) is 0. The molecule has 0 spiro atoms. The topological polar surface area (TPSA) is 3.24 Å². The zero-order valence-corrected chi connectivity index (χ0v) is 24.8. The van der Waals surface area contributed by atoms with Crippen molar-refractivity contribution in [1.29, 1.82) is 0 Å². The van der Waals surface area contributed by atoms with Crippen LogP contribution < -0.4 is 4.90 Å². The number of fused-ring (bicyclic) bond motifs is 8. The SMILES string of the molecule is c1ccc(N(c2ccc(-c3ccc4c(ccc5c6ccccc6sc45)c3)cc2)c2ccc3c(c2)sc2ccccc23)cc1. The van der Waals surface area contributed by atoms with E-state index in [4.69, 9.17) is 0 Å². The van der Waals surface area contributed by atoms with E-state index in [0.717, 1.165) is 17.1 Å². The molecule has 0 amide bonds. The van der Waals surface area contributed by atoms with Crippen LogP contribution in [0.1, 0.15) is 0 Å². The summed E-state index contributed by atoms with van der Waals surface area (Å²) in [6, 6.07) is 55.4. The minimum Gasteiger partial charge on any atom is -0.310 e. The van der Waals surface area contributed by atoms with Crippen molar-refractivity contribution in [3.63, 3.8) is 0 Å². The maximum absolute atomic E-state index is 2.35. The molecule has 3 heteroatoms. The fraction of sp³-hybridized carbons (Fsp3) is 0. The third-order valence-electron chi connectivity index (χ3n) is 8.45. The van der Waals surface area contributed by atoms with Crippen molar-refractivity contribution in [1.82, 2.24) is 0 Å². The number of rotatable bonds is 4. The zero-order valence-electron chi connectivity index (χ0n) is 23.2. The summed E-state index contributed by atoms with van der Waals surface area (Å²) >= 11 is 3.75. The molecule has 0 radical (unpaired) electrons. The molecule has 2 aromatic heterocycles. The highest BCUT2D eigenvalue weighted by Gasteiger charge is 2.15. The highest BCUT2D eigenvalue weighted by Crippen LogP contribution is 2.42. The Morgan fingerprint density at radius 1 is 0.349 bits per heavy atom. The fourth-order valence-corrected chi connectivity index (χ4v) is 8.75. The Bertz CT molecular complexity index is 2450. The maximum Gasteiger partial charge on any atom is 0.0476 e. The van der Waals surface area contributed by atoms with Gasteiger partial charge in [0.2, 0.25) is 0 Å². The van der Waals surface area contributed by atoms with Crippen LogP contribution in [0.15, 0.2) is 152 Å². The second kappa shape index (κ2) is 9.81. The van der Waals surface area contributed by atoms with Gasteiger partial charge in [-0.05, 0) is 76.5 Å². The Hall–Kier alpha value is -4.96. The molecule has 0 aliphatic heterocycles. The molecule has 0 aliphatic rings. The first-order valence-corrected chi connectivity index (χ1v) is 16.1. The summed E-state index contributed by atoms with van der Waals surface area (Å²) in [5, 5.41) is 7.94. The lowest BCUT2D eigenvalue weighted by Crippen LogP contribution is -2.09. The van der Waals surface area contributed by atoms with Gasteiger partial charge < -0.3 is 4.90 Å². The molecule has 0 saturated heterocycles. The van der Waals surface area contributed by atoms with Crippen molar-refractivity contribution in [2.45, 2.75) is 0 Å². The van der Waals surface area contributed by atoms with Crippen LogP contribution in [0.4, 0.5) is 17.1 Å². The van der Waals surface area contributed by atoms with Crippen LogP contribution in [0.3, 0.4) is 0 Å². The predicted octanol–water partition coefficient (Wildman–Crippen LogP) is 12.7. The molecule has 0 saturated carbocycles. The Kier molecular flexibility index (Phi) is 5.62. The van der Waals surface area contributed by atoms with Crippen molar-refractivity contribution in [2.75, 3.05) is 4.90 Å². The highest BCUT2D eigenvalue weighted by atomic mass is 32.1. The molecule has 9 rings (SSSR count). The standard InChI is InChI=1S/C40H25NS2/c1-2-8-29(9-3-1)41(31-20-23-35-33-10-4-6-12-37(33)42-39(35)25-31)30-18-14-26(15-19-30)27-16-21-32-28(24-27)17-22-36-34-11-5-7-13-38(34)43-40(32)36/h1-25H. The molecule has 7 aromatic carbocycles. The molecule has 9 aromatic rings. The van der Waals surface area contributed by atoms with Crippen LogP contribution in [0.2, 0.25) is 0 Å². The average Bonchev–Trinajstić information content (AvgIpc) is 3.64. The van der Waals surface area contributed by atoms with Crippen LogP contribution in [-0.2, 0) is 0 Å². The first-order chi connectivity index (χ1) is 21.3. The van der Waals surface area contributed by atoms with Gasteiger partial charge in [0.05, 0.1) is 0 Å². The zero-order chi connectivity index (χ0) is 28.3. The summed E-state index contributed by atoms with van der Waals surface area (Å²) in [6.45, 7) is 0. The van der Waals surface area contributed by atoms with Gasteiger partial charge in [0.15, 0.2) is 0 Å². The monoisotopic (exact) mass is 583 g/mol. The average molecular weight is 584 g/mol. The Labute approximate surface area is 257 Å².